The number of hydrogen-bond acceptors (Lipinski definition) is 2. The molecular formula is C14H20N2O. The Bertz CT molecular complexity index is 389. The van der Waals surface area contributed by atoms with Crippen LogP contribution in [0.3, 0.4) is 0 Å². The van der Waals surface area contributed by atoms with Gasteiger partial charge in [0.2, 0.25) is 0 Å². The lowest BCUT2D eigenvalue weighted by atomic mass is 10.1. The summed E-state index contributed by atoms with van der Waals surface area (Å²) in [5.41, 5.74) is 7.37. The van der Waals surface area contributed by atoms with E-state index in [0.717, 1.165) is 24.0 Å². The molecule has 1 aromatic carbocycles. The van der Waals surface area contributed by atoms with Gasteiger partial charge in [-0.2, -0.15) is 0 Å². The van der Waals surface area contributed by atoms with Gasteiger partial charge in [0.05, 0.1) is 0 Å². The summed E-state index contributed by atoms with van der Waals surface area (Å²) in [6, 6.07) is 8.32. The van der Waals surface area contributed by atoms with Crippen LogP contribution in [0.2, 0.25) is 0 Å². The number of benzene rings is 1. The van der Waals surface area contributed by atoms with Crippen molar-refractivity contribution in [2.75, 3.05) is 0 Å². The van der Waals surface area contributed by atoms with E-state index in [1.54, 1.807) is 0 Å². The Balaban J connectivity index is 2.18. The first-order valence-corrected chi connectivity index (χ1v) is 6.25. The molecule has 0 bridgehead atoms. The molecule has 1 saturated heterocycles. The summed E-state index contributed by atoms with van der Waals surface area (Å²) < 4.78 is 0. The van der Waals surface area contributed by atoms with Crippen molar-refractivity contribution in [1.29, 1.82) is 0 Å². The molecule has 2 N–H and O–H groups in total. The molecule has 1 aliphatic rings. The van der Waals surface area contributed by atoms with Crippen LogP contribution >= 0.6 is 0 Å². The number of nitrogens with zero attached hydrogens (tertiary/aromatic N) is 1. The number of carbonyl (C=O) groups excluding carboxylic acids is 1. The summed E-state index contributed by atoms with van der Waals surface area (Å²) in [4.78, 5) is 14.4. The van der Waals surface area contributed by atoms with E-state index in [2.05, 4.69) is 13.8 Å². The van der Waals surface area contributed by atoms with Crippen molar-refractivity contribution in [3.63, 3.8) is 0 Å². The van der Waals surface area contributed by atoms with Gasteiger partial charge in [-0.15, -0.1) is 0 Å². The second-order valence-electron chi connectivity index (χ2n) is 4.89. The van der Waals surface area contributed by atoms with Crippen molar-refractivity contribution in [3.05, 3.63) is 35.4 Å². The van der Waals surface area contributed by atoms with Gasteiger partial charge in [-0.3, -0.25) is 4.79 Å². The zero-order valence-corrected chi connectivity index (χ0v) is 10.5. The number of nitrogens with two attached hydrogens (primary N) is 1. The molecule has 1 amide bonds. The van der Waals surface area contributed by atoms with Crippen LogP contribution in [0.4, 0.5) is 0 Å². The lowest BCUT2D eigenvalue weighted by molar-refractivity contribution is 0.0693. The van der Waals surface area contributed by atoms with Gasteiger partial charge >= 0.3 is 0 Å². The highest BCUT2D eigenvalue weighted by Crippen LogP contribution is 2.25. The average Bonchev–Trinajstić information content (AvgIpc) is 2.68. The van der Waals surface area contributed by atoms with Crippen LogP contribution in [0.5, 0.6) is 0 Å². The maximum atomic E-state index is 12.4. The maximum Gasteiger partial charge on any atom is 0.254 e. The summed E-state index contributed by atoms with van der Waals surface area (Å²) in [7, 11) is 0. The largest absolute Gasteiger partial charge is 0.333 e. The topological polar surface area (TPSA) is 46.3 Å². The minimum absolute atomic E-state index is 0.145. The molecule has 0 saturated carbocycles. The summed E-state index contributed by atoms with van der Waals surface area (Å²) in [5.74, 6) is 0.145. The molecule has 1 aromatic rings. The Morgan fingerprint density at radius 1 is 1.24 bits per heavy atom. The van der Waals surface area contributed by atoms with E-state index in [-0.39, 0.29) is 5.91 Å². The van der Waals surface area contributed by atoms with Gasteiger partial charge in [0, 0.05) is 24.2 Å². The molecule has 1 aliphatic heterocycles. The zero-order valence-electron chi connectivity index (χ0n) is 10.5. The zero-order chi connectivity index (χ0) is 12.4. The normalized spacial score (nSPS) is 24.1. The molecule has 17 heavy (non-hydrogen) atoms. The molecule has 3 heteroatoms. The molecule has 0 radical (unpaired) electrons. The monoisotopic (exact) mass is 232 g/mol. The van der Waals surface area contributed by atoms with Gasteiger partial charge in [-0.05, 0) is 44.4 Å². The summed E-state index contributed by atoms with van der Waals surface area (Å²) in [5, 5.41) is 0. The summed E-state index contributed by atoms with van der Waals surface area (Å²) >= 11 is 0. The predicted molar refractivity (Wildman–Crippen MR) is 68.7 cm³/mol. The fourth-order valence-electron chi connectivity index (χ4n) is 2.53. The van der Waals surface area contributed by atoms with Crippen LogP contribution in [-0.4, -0.2) is 22.9 Å². The minimum atomic E-state index is 0.145. The van der Waals surface area contributed by atoms with Crippen molar-refractivity contribution in [2.45, 2.75) is 45.3 Å². The summed E-state index contributed by atoms with van der Waals surface area (Å²) in [6.45, 7) is 4.76. The molecular weight excluding hydrogens is 212 g/mol. The smallest absolute Gasteiger partial charge is 0.254 e. The third-order valence-electron chi connectivity index (χ3n) is 3.62. The lowest BCUT2D eigenvalue weighted by Crippen LogP contribution is -2.38. The second-order valence-corrected chi connectivity index (χ2v) is 4.89. The van der Waals surface area contributed by atoms with Crippen LogP contribution in [0.1, 0.15) is 42.6 Å². The number of amides is 1. The standard InChI is InChI=1S/C14H20N2O/c1-10-3-4-11(2)16(10)14(17)13-7-5-12(9-15)6-8-13/h5-8,10-11H,3-4,9,15H2,1-2H3. The van der Waals surface area contributed by atoms with E-state index >= 15 is 0 Å². The van der Waals surface area contributed by atoms with E-state index in [1.807, 2.05) is 29.2 Å². The van der Waals surface area contributed by atoms with Crippen LogP contribution in [-0.2, 0) is 6.54 Å². The predicted octanol–water partition coefficient (Wildman–Crippen LogP) is 2.16. The highest BCUT2D eigenvalue weighted by atomic mass is 16.2. The number of hydrogen-bond donors (Lipinski definition) is 1. The first-order chi connectivity index (χ1) is 8.13. The highest BCUT2D eigenvalue weighted by Gasteiger charge is 2.31. The summed E-state index contributed by atoms with van der Waals surface area (Å²) in [6.07, 6.45) is 2.21. The van der Waals surface area contributed by atoms with E-state index in [4.69, 9.17) is 5.73 Å². The van der Waals surface area contributed by atoms with E-state index in [1.165, 1.54) is 0 Å². The third-order valence-corrected chi connectivity index (χ3v) is 3.62. The molecule has 1 heterocycles. The first-order valence-electron chi connectivity index (χ1n) is 6.25. The fourth-order valence-corrected chi connectivity index (χ4v) is 2.53. The van der Waals surface area contributed by atoms with Crippen molar-refractivity contribution >= 4 is 5.91 Å². The molecule has 3 nitrogen and oxygen atoms in total. The Morgan fingerprint density at radius 3 is 2.24 bits per heavy atom. The Labute approximate surface area is 103 Å². The van der Waals surface area contributed by atoms with Crippen molar-refractivity contribution in [2.24, 2.45) is 5.73 Å². The van der Waals surface area contributed by atoms with Gasteiger partial charge in [0.25, 0.3) is 5.91 Å². The Hall–Kier alpha value is -1.35. The van der Waals surface area contributed by atoms with Crippen molar-refractivity contribution in [3.8, 4) is 0 Å². The quantitative estimate of drug-likeness (QED) is 0.849. The molecule has 0 aromatic heterocycles. The van der Waals surface area contributed by atoms with E-state index in [0.29, 0.717) is 18.6 Å². The maximum absolute atomic E-state index is 12.4. The molecule has 0 aliphatic carbocycles. The molecule has 92 valence electrons. The van der Waals surface area contributed by atoms with Crippen LogP contribution in [0.15, 0.2) is 24.3 Å². The highest BCUT2D eigenvalue weighted by molar-refractivity contribution is 5.94. The molecule has 2 atom stereocenters. The minimum Gasteiger partial charge on any atom is -0.333 e. The molecule has 1 fully saturated rings. The lowest BCUT2D eigenvalue weighted by Gasteiger charge is -2.26. The molecule has 2 rings (SSSR count). The Kier molecular flexibility index (Phi) is 3.48. The van der Waals surface area contributed by atoms with Gasteiger partial charge in [-0.1, -0.05) is 12.1 Å². The van der Waals surface area contributed by atoms with Crippen molar-refractivity contribution < 1.29 is 4.79 Å². The van der Waals surface area contributed by atoms with Gasteiger partial charge in [-0.25, -0.2) is 0 Å². The van der Waals surface area contributed by atoms with Gasteiger partial charge in [0.1, 0.15) is 0 Å². The van der Waals surface area contributed by atoms with Crippen LogP contribution in [0, 0.1) is 0 Å². The average molecular weight is 232 g/mol. The number of carbonyl (C=O) groups is 1. The first kappa shape index (κ1) is 12.1. The number of likely N-dealkylation sites (tertiary alicyclic amines) is 1. The van der Waals surface area contributed by atoms with Crippen molar-refractivity contribution in [1.82, 2.24) is 4.90 Å². The van der Waals surface area contributed by atoms with Gasteiger partial charge in [0.15, 0.2) is 0 Å². The second kappa shape index (κ2) is 4.88. The van der Waals surface area contributed by atoms with E-state index < -0.39 is 0 Å². The van der Waals surface area contributed by atoms with Gasteiger partial charge < -0.3 is 10.6 Å². The third kappa shape index (κ3) is 2.34. The van der Waals surface area contributed by atoms with E-state index in [9.17, 15) is 4.79 Å². The van der Waals surface area contributed by atoms with Crippen LogP contribution in [0.25, 0.3) is 0 Å². The number of rotatable bonds is 2. The SMILES string of the molecule is CC1CCC(C)N1C(=O)c1ccc(CN)cc1. The fraction of sp³-hybridized carbons (Fsp3) is 0.500. The Morgan fingerprint density at radius 2 is 1.76 bits per heavy atom. The molecule has 0 spiro atoms. The molecule has 2 unspecified atom stereocenters. The van der Waals surface area contributed by atoms with Crippen LogP contribution < -0.4 is 5.73 Å².